The van der Waals surface area contributed by atoms with Crippen molar-refractivity contribution in [2.75, 3.05) is 0 Å². The average Bonchev–Trinajstić information content (AvgIpc) is 2.28. The Labute approximate surface area is 86.7 Å². The molecule has 0 aliphatic heterocycles. The van der Waals surface area contributed by atoms with Crippen LogP contribution >= 0.6 is 23.9 Å². The van der Waals surface area contributed by atoms with Crippen LogP contribution in [0.5, 0.6) is 0 Å². The molecule has 0 saturated carbocycles. The van der Waals surface area contributed by atoms with Crippen LogP contribution in [0.1, 0.15) is 51.6 Å². The zero-order valence-electron chi connectivity index (χ0n) is 9.34. The van der Waals surface area contributed by atoms with Crippen LogP contribution in [0, 0.1) is 0 Å². The first-order valence-corrected chi connectivity index (χ1v) is 7.98. The molecule has 0 aromatic carbocycles. The Bertz CT molecular complexity index is 257. The van der Waals surface area contributed by atoms with Gasteiger partial charge in [-0.15, -0.1) is 10.1 Å². The highest BCUT2D eigenvalue weighted by atomic mass is 31.8. The zero-order valence-corrected chi connectivity index (χ0v) is 12.0. The third-order valence-corrected chi connectivity index (χ3v) is 9.03. The van der Waals surface area contributed by atoms with Gasteiger partial charge in [0, 0.05) is 0 Å². The highest BCUT2D eigenvalue weighted by Gasteiger charge is 2.14. The highest BCUT2D eigenvalue weighted by Crippen LogP contribution is 2.51. The van der Waals surface area contributed by atoms with Gasteiger partial charge in [-0.25, -0.2) is 8.19 Å². The van der Waals surface area contributed by atoms with Gasteiger partial charge in [-0.1, -0.05) is 41.5 Å². The molecule has 0 radical (unpaired) electrons. The Morgan fingerprint density at radius 1 is 0.769 bits per heavy atom. The summed E-state index contributed by atoms with van der Waals surface area (Å²) in [5.41, 5.74) is 0.784. The van der Waals surface area contributed by atoms with Crippen molar-refractivity contribution in [3.63, 3.8) is 0 Å². The summed E-state index contributed by atoms with van der Waals surface area (Å²) in [6.45, 7) is 13.9. The minimum absolute atomic E-state index is 0.392. The summed E-state index contributed by atoms with van der Waals surface area (Å²) in [6.07, 6.45) is 0. The van der Waals surface area contributed by atoms with E-state index in [1.165, 1.54) is 23.9 Å². The molecular weight excluding hydrogens is 213 g/mol. The second-order valence-corrected chi connectivity index (χ2v) is 9.78. The highest BCUT2D eigenvalue weighted by molar-refractivity contribution is 7.96. The lowest BCUT2D eigenvalue weighted by Crippen LogP contribution is -2.08. The minimum Gasteiger partial charge on any atom is -0.274 e. The van der Waals surface area contributed by atoms with Crippen LogP contribution in [-0.2, 0) is 10.8 Å². The molecule has 1 aromatic heterocycles. The second-order valence-electron chi connectivity index (χ2n) is 5.46. The number of hydrogen-bond donors (Lipinski definition) is 0. The van der Waals surface area contributed by atoms with Gasteiger partial charge in [0.15, 0.2) is 0 Å². The molecule has 0 unspecified atom stereocenters. The largest absolute Gasteiger partial charge is 0.274 e. The molecule has 0 nitrogen and oxygen atoms in total. The van der Waals surface area contributed by atoms with E-state index in [9.17, 15) is 0 Å². The summed E-state index contributed by atoms with van der Waals surface area (Å²) in [4.78, 5) is 0. The fourth-order valence-electron chi connectivity index (χ4n) is 0.875. The van der Waals surface area contributed by atoms with Crippen LogP contribution in [0.3, 0.4) is 0 Å². The maximum Gasteiger partial charge on any atom is -0.0289 e. The maximum absolute atomic E-state index is 2.32. The fourth-order valence-corrected chi connectivity index (χ4v) is 7.71. The van der Waals surface area contributed by atoms with Crippen LogP contribution in [0.2, 0.25) is 0 Å². The van der Waals surface area contributed by atoms with Gasteiger partial charge >= 0.3 is 0 Å². The topological polar surface area (TPSA) is 0 Å². The van der Waals surface area contributed by atoms with E-state index in [4.69, 9.17) is 0 Å². The Balaban J connectivity index is 3.01. The molecule has 1 aromatic rings. The Morgan fingerprint density at radius 3 is 1.23 bits per heavy atom. The molecule has 0 atom stereocenters. The first-order chi connectivity index (χ1) is 5.71. The molecule has 0 saturated heterocycles. The summed E-state index contributed by atoms with van der Waals surface area (Å²) in [6, 6.07) is 0. The predicted molar refractivity (Wildman–Crippen MR) is 67.0 cm³/mol. The molecule has 0 aliphatic carbocycles. The molecule has 1 rings (SSSR count). The molecule has 0 spiro atoms. The van der Waals surface area contributed by atoms with E-state index in [0.29, 0.717) is 10.8 Å². The summed E-state index contributed by atoms with van der Waals surface area (Å²) in [5, 5.41) is 3.36. The summed E-state index contributed by atoms with van der Waals surface area (Å²) < 4.78 is 0. The van der Waals surface area contributed by atoms with Crippen molar-refractivity contribution >= 4 is 23.9 Å². The van der Waals surface area contributed by atoms with Crippen LogP contribution < -0.4 is 0 Å². The quantitative estimate of drug-likeness (QED) is 0.534. The van der Waals surface area contributed by atoms with E-state index >= 15 is 0 Å². The molecule has 3 heteroatoms. The van der Waals surface area contributed by atoms with Gasteiger partial charge in [-0.3, -0.25) is 15.7 Å². The maximum atomic E-state index is 2.32. The third-order valence-electron chi connectivity index (χ3n) is 1.79. The van der Waals surface area contributed by atoms with Crippen LogP contribution in [0.4, 0.5) is 0 Å². The van der Waals surface area contributed by atoms with Gasteiger partial charge < -0.3 is 0 Å². The van der Waals surface area contributed by atoms with Crippen molar-refractivity contribution < 1.29 is 0 Å². The van der Waals surface area contributed by atoms with E-state index in [1.54, 1.807) is 10.1 Å². The van der Waals surface area contributed by atoms with E-state index in [0.717, 1.165) is 0 Å². The van der Waals surface area contributed by atoms with Gasteiger partial charge in [-0.05, 0) is 10.8 Å². The van der Waals surface area contributed by atoms with Crippen molar-refractivity contribution in [2.24, 2.45) is 0 Å². The predicted octanol–water partition coefficient (Wildman–Crippen LogP) is 5.74. The average molecular weight is 231 g/mol. The SMILES string of the molecule is CC(C)(C)c1ppc(C(C)(C)C)[p-]1. The molecular formula is C10H18P3-. The zero-order chi connectivity index (χ0) is 10.3. The molecule has 0 aliphatic rings. The van der Waals surface area contributed by atoms with E-state index in [2.05, 4.69) is 41.5 Å². The molecule has 1 heterocycles. The fraction of sp³-hybridized carbons (Fsp3) is 0.800. The number of rotatable bonds is 0. The Hall–Kier alpha value is 0.640. The summed E-state index contributed by atoms with van der Waals surface area (Å²) >= 11 is 0. The first kappa shape index (κ1) is 11.7. The van der Waals surface area contributed by atoms with Crippen molar-refractivity contribution in [1.29, 1.82) is 0 Å². The lowest BCUT2D eigenvalue weighted by Gasteiger charge is -2.23. The normalized spacial score (nSPS) is 15.2. The van der Waals surface area contributed by atoms with Crippen molar-refractivity contribution in [2.45, 2.75) is 52.4 Å². The third kappa shape index (κ3) is 3.06. The van der Waals surface area contributed by atoms with Gasteiger partial charge in [0.05, 0.1) is 0 Å². The smallest absolute Gasteiger partial charge is 0.0289 e. The lowest BCUT2D eigenvalue weighted by molar-refractivity contribution is 0.610. The second kappa shape index (κ2) is 3.66. The molecule has 0 fully saturated rings. The van der Waals surface area contributed by atoms with Gasteiger partial charge in [0.25, 0.3) is 0 Å². The minimum atomic E-state index is 0.392. The van der Waals surface area contributed by atoms with E-state index in [-0.39, 0.29) is 0 Å². The monoisotopic (exact) mass is 231 g/mol. The van der Waals surface area contributed by atoms with Crippen LogP contribution in [-0.4, -0.2) is 0 Å². The number of hydrogen-bond acceptors (Lipinski definition) is 0. The van der Waals surface area contributed by atoms with Crippen LogP contribution in [0.25, 0.3) is 0 Å². The van der Waals surface area contributed by atoms with Crippen molar-refractivity contribution in [3.8, 4) is 0 Å². The van der Waals surface area contributed by atoms with E-state index < -0.39 is 0 Å². The molecule has 13 heavy (non-hydrogen) atoms. The first-order valence-electron chi connectivity index (χ1n) is 4.59. The lowest BCUT2D eigenvalue weighted by atomic mass is 10.0. The van der Waals surface area contributed by atoms with Gasteiger partial charge in [0.1, 0.15) is 0 Å². The van der Waals surface area contributed by atoms with E-state index in [1.807, 2.05) is 0 Å². The Morgan fingerprint density at radius 2 is 1.08 bits per heavy atom. The standard InChI is InChI=1S/C10H18P3/c1-9(2,3)7-11-8(13-12-7)10(4,5)6/h1-6H3/q-1. The van der Waals surface area contributed by atoms with Gasteiger partial charge in [-0.2, -0.15) is 0 Å². The summed E-state index contributed by atoms with van der Waals surface area (Å²) in [5.74, 6) is 0. The molecule has 0 amide bonds. The van der Waals surface area contributed by atoms with Gasteiger partial charge in [0.2, 0.25) is 0 Å². The summed E-state index contributed by atoms with van der Waals surface area (Å²) in [7, 11) is 4.59. The molecule has 74 valence electrons. The van der Waals surface area contributed by atoms with Crippen LogP contribution in [0.15, 0.2) is 0 Å². The van der Waals surface area contributed by atoms with Crippen molar-refractivity contribution in [3.05, 3.63) is 10.1 Å². The Kier molecular flexibility index (Phi) is 3.30. The molecule has 0 bridgehead atoms. The molecule has 0 N–H and O–H groups in total. The van der Waals surface area contributed by atoms with Crippen molar-refractivity contribution in [1.82, 2.24) is 0 Å².